The summed E-state index contributed by atoms with van der Waals surface area (Å²) in [6, 6.07) is -0.127. The first-order chi connectivity index (χ1) is 6.74. The molecule has 0 bridgehead atoms. The molecule has 0 saturated carbocycles. The summed E-state index contributed by atoms with van der Waals surface area (Å²) in [6.45, 7) is 3.48. The maximum absolute atomic E-state index is 11.2. The minimum Gasteiger partial charge on any atom is -0.383 e. The largest absolute Gasteiger partial charge is 0.383 e. The van der Waals surface area contributed by atoms with E-state index in [2.05, 4.69) is 5.32 Å². The third-order valence-electron chi connectivity index (χ3n) is 1.60. The molecule has 5 nitrogen and oxygen atoms in total. The van der Waals surface area contributed by atoms with Crippen LogP contribution in [0.25, 0.3) is 0 Å². The molecule has 3 N–H and O–H groups in total. The van der Waals surface area contributed by atoms with E-state index in [9.17, 15) is 4.79 Å². The van der Waals surface area contributed by atoms with Crippen LogP contribution < -0.4 is 11.1 Å². The first kappa shape index (κ1) is 13.4. The zero-order chi connectivity index (χ0) is 10.8. The normalized spacial score (nSPS) is 12.5. The van der Waals surface area contributed by atoms with Crippen LogP contribution in [0.15, 0.2) is 0 Å². The van der Waals surface area contributed by atoms with E-state index in [4.69, 9.17) is 15.2 Å². The van der Waals surface area contributed by atoms with E-state index in [0.717, 1.165) is 6.42 Å². The van der Waals surface area contributed by atoms with Crippen LogP contribution in [0.5, 0.6) is 0 Å². The van der Waals surface area contributed by atoms with Gasteiger partial charge in [-0.25, -0.2) is 0 Å². The Kier molecular flexibility index (Phi) is 8.51. The Hall–Kier alpha value is -0.650. The van der Waals surface area contributed by atoms with Gasteiger partial charge < -0.3 is 20.5 Å². The van der Waals surface area contributed by atoms with Crippen LogP contribution in [0.1, 0.15) is 13.3 Å². The number of hydrogen-bond donors (Lipinski definition) is 2. The molecule has 0 radical (unpaired) electrons. The second kappa shape index (κ2) is 8.93. The fourth-order valence-corrected chi connectivity index (χ4v) is 0.948. The number of hydrogen-bond acceptors (Lipinski definition) is 4. The molecule has 0 heterocycles. The lowest BCUT2D eigenvalue weighted by Gasteiger charge is -2.15. The summed E-state index contributed by atoms with van der Waals surface area (Å²) in [5.41, 5.74) is 5.43. The Balaban J connectivity index is 3.56. The van der Waals surface area contributed by atoms with Crippen molar-refractivity contribution >= 4 is 5.91 Å². The Bertz CT molecular complexity index is 153. The molecule has 1 amide bonds. The van der Waals surface area contributed by atoms with Gasteiger partial charge in [0.1, 0.15) is 6.61 Å². The lowest BCUT2D eigenvalue weighted by Crippen LogP contribution is -2.44. The summed E-state index contributed by atoms with van der Waals surface area (Å²) in [5.74, 6) is -0.147. The minimum absolute atomic E-state index is 0.0913. The van der Waals surface area contributed by atoms with Crippen LogP contribution in [0, 0.1) is 0 Å². The molecule has 1 unspecified atom stereocenters. The Labute approximate surface area is 84.9 Å². The first-order valence-electron chi connectivity index (χ1n) is 4.80. The van der Waals surface area contributed by atoms with Gasteiger partial charge in [-0.15, -0.1) is 0 Å². The molecule has 0 aromatic heterocycles. The highest BCUT2D eigenvalue weighted by molar-refractivity contribution is 5.77. The molecule has 0 rings (SSSR count). The number of carbonyl (C=O) groups is 1. The van der Waals surface area contributed by atoms with Gasteiger partial charge in [-0.2, -0.15) is 0 Å². The lowest BCUT2D eigenvalue weighted by atomic mass is 10.3. The molecule has 0 aromatic rings. The Morgan fingerprint density at radius 3 is 2.79 bits per heavy atom. The average Bonchev–Trinajstić information content (AvgIpc) is 2.17. The highest BCUT2D eigenvalue weighted by Crippen LogP contribution is 1.84. The van der Waals surface area contributed by atoms with Crippen molar-refractivity contribution in [2.45, 2.75) is 19.4 Å². The molecule has 0 aliphatic heterocycles. The topological polar surface area (TPSA) is 73.6 Å². The van der Waals surface area contributed by atoms with E-state index in [-0.39, 0.29) is 18.6 Å². The number of nitrogens with one attached hydrogen (secondary N) is 1. The molecule has 84 valence electrons. The van der Waals surface area contributed by atoms with Crippen molar-refractivity contribution < 1.29 is 14.3 Å². The van der Waals surface area contributed by atoms with Gasteiger partial charge in [0.15, 0.2) is 0 Å². The fourth-order valence-electron chi connectivity index (χ4n) is 0.948. The Morgan fingerprint density at radius 2 is 2.29 bits per heavy atom. The lowest BCUT2D eigenvalue weighted by molar-refractivity contribution is -0.126. The van der Waals surface area contributed by atoms with Crippen molar-refractivity contribution in [1.82, 2.24) is 5.32 Å². The number of carbonyl (C=O) groups excluding carboxylic acids is 1. The van der Waals surface area contributed by atoms with Crippen LogP contribution in [0.3, 0.4) is 0 Å². The summed E-state index contributed by atoms with van der Waals surface area (Å²) < 4.78 is 9.96. The van der Waals surface area contributed by atoms with E-state index in [0.29, 0.717) is 19.8 Å². The van der Waals surface area contributed by atoms with Crippen LogP contribution in [-0.4, -0.2) is 45.4 Å². The molecule has 0 aliphatic rings. The number of nitrogens with two attached hydrogens (primary N) is 1. The molecule has 0 spiro atoms. The monoisotopic (exact) mass is 204 g/mol. The van der Waals surface area contributed by atoms with Crippen LogP contribution in [0.2, 0.25) is 0 Å². The number of rotatable bonds is 8. The average molecular weight is 204 g/mol. The van der Waals surface area contributed by atoms with Crippen molar-refractivity contribution in [3.05, 3.63) is 0 Å². The predicted octanol–water partition coefficient (Wildman–Crippen LogP) is -0.497. The number of ether oxygens (including phenoxy) is 2. The van der Waals surface area contributed by atoms with Crippen molar-refractivity contribution in [1.29, 1.82) is 0 Å². The maximum atomic E-state index is 11.2. The van der Waals surface area contributed by atoms with E-state index in [1.807, 2.05) is 6.92 Å². The van der Waals surface area contributed by atoms with Crippen molar-refractivity contribution in [2.75, 3.05) is 33.5 Å². The molecule has 0 fully saturated rings. The molecule has 0 aromatic carbocycles. The summed E-state index contributed by atoms with van der Waals surface area (Å²) in [4.78, 5) is 11.2. The highest BCUT2D eigenvalue weighted by Gasteiger charge is 2.09. The standard InChI is InChI=1S/C9H20N2O3/c1-3-4-14-7-9(12)11-8(5-10)6-13-2/h8H,3-7,10H2,1-2H3,(H,11,12). The second-order valence-corrected chi connectivity index (χ2v) is 3.01. The molecule has 0 aliphatic carbocycles. The SMILES string of the molecule is CCCOCC(=O)NC(CN)COC. The summed E-state index contributed by atoms with van der Waals surface area (Å²) in [6.07, 6.45) is 0.908. The van der Waals surface area contributed by atoms with Gasteiger partial charge in [0, 0.05) is 20.3 Å². The van der Waals surface area contributed by atoms with Gasteiger partial charge in [0.2, 0.25) is 5.91 Å². The fraction of sp³-hybridized carbons (Fsp3) is 0.889. The number of methoxy groups -OCH3 is 1. The van der Waals surface area contributed by atoms with Gasteiger partial charge in [-0.3, -0.25) is 4.79 Å². The molecule has 5 heteroatoms. The van der Waals surface area contributed by atoms with E-state index in [1.165, 1.54) is 0 Å². The smallest absolute Gasteiger partial charge is 0.246 e. The zero-order valence-electron chi connectivity index (χ0n) is 8.91. The van der Waals surface area contributed by atoms with Gasteiger partial charge >= 0.3 is 0 Å². The van der Waals surface area contributed by atoms with E-state index in [1.54, 1.807) is 7.11 Å². The second-order valence-electron chi connectivity index (χ2n) is 3.01. The number of amides is 1. The predicted molar refractivity (Wildman–Crippen MR) is 54.0 cm³/mol. The summed E-state index contributed by atoms with van der Waals surface area (Å²) in [5, 5.41) is 2.71. The maximum Gasteiger partial charge on any atom is 0.246 e. The van der Waals surface area contributed by atoms with E-state index >= 15 is 0 Å². The quantitative estimate of drug-likeness (QED) is 0.523. The van der Waals surface area contributed by atoms with Crippen LogP contribution in [-0.2, 0) is 14.3 Å². The van der Waals surface area contributed by atoms with Crippen LogP contribution >= 0.6 is 0 Å². The van der Waals surface area contributed by atoms with Gasteiger partial charge in [-0.1, -0.05) is 6.92 Å². The van der Waals surface area contributed by atoms with Crippen molar-refractivity contribution in [2.24, 2.45) is 5.73 Å². The van der Waals surface area contributed by atoms with E-state index < -0.39 is 0 Å². The van der Waals surface area contributed by atoms with Gasteiger partial charge in [-0.05, 0) is 6.42 Å². The van der Waals surface area contributed by atoms with Crippen molar-refractivity contribution in [3.63, 3.8) is 0 Å². The molecular weight excluding hydrogens is 184 g/mol. The van der Waals surface area contributed by atoms with Gasteiger partial charge in [0.05, 0.1) is 12.6 Å². The van der Waals surface area contributed by atoms with Crippen molar-refractivity contribution in [3.8, 4) is 0 Å². The van der Waals surface area contributed by atoms with Gasteiger partial charge in [0.25, 0.3) is 0 Å². The zero-order valence-corrected chi connectivity index (χ0v) is 8.91. The minimum atomic E-state index is -0.147. The summed E-state index contributed by atoms with van der Waals surface area (Å²) in [7, 11) is 1.57. The molecule has 1 atom stereocenters. The molecule has 0 saturated heterocycles. The molecule has 14 heavy (non-hydrogen) atoms. The summed E-state index contributed by atoms with van der Waals surface area (Å²) >= 11 is 0. The third kappa shape index (κ3) is 6.82. The third-order valence-corrected chi connectivity index (χ3v) is 1.60. The Morgan fingerprint density at radius 1 is 1.57 bits per heavy atom. The van der Waals surface area contributed by atoms with Crippen LogP contribution in [0.4, 0.5) is 0 Å². The highest BCUT2D eigenvalue weighted by atomic mass is 16.5. The molecular formula is C9H20N2O3. The first-order valence-corrected chi connectivity index (χ1v) is 4.80.